The van der Waals surface area contributed by atoms with E-state index < -0.39 is 17.2 Å². The summed E-state index contributed by atoms with van der Waals surface area (Å²) in [5.74, 6) is -0.557. The van der Waals surface area contributed by atoms with Gasteiger partial charge in [0.2, 0.25) is 5.88 Å². The summed E-state index contributed by atoms with van der Waals surface area (Å²) < 4.78 is 6.52. The van der Waals surface area contributed by atoms with Crippen LogP contribution in [0.5, 0.6) is 11.6 Å². The molecule has 0 atom stereocenters. The highest BCUT2D eigenvalue weighted by molar-refractivity contribution is 8.26. The van der Waals surface area contributed by atoms with Crippen molar-refractivity contribution >= 4 is 46.1 Å². The molecule has 1 fully saturated rings. The molecule has 0 saturated carbocycles. The summed E-state index contributed by atoms with van der Waals surface area (Å²) in [6, 6.07) is 9.06. The van der Waals surface area contributed by atoms with Gasteiger partial charge in [0.15, 0.2) is 5.78 Å². The number of thiocarbonyl (C=S) groups is 1. The monoisotopic (exact) mass is 511 g/mol. The van der Waals surface area contributed by atoms with Crippen molar-refractivity contribution in [2.75, 3.05) is 13.7 Å². The van der Waals surface area contributed by atoms with Gasteiger partial charge in [-0.3, -0.25) is 23.9 Å². The number of ketones is 1. The molecule has 182 valence electrons. The first-order chi connectivity index (χ1) is 16.6. The first-order valence-electron chi connectivity index (χ1n) is 10.9. The smallest absolute Gasteiger partial charge is 0.271 e. The average Bonchev–Trinajstić information content (AvgIpc) is 3.08. The maximum absolute atomic E-state index is 13.1. The summed E-state index contributed by atoms with van der Waals surface area (Å²) in [6.07, 6.45) is 1.58. The van der Waals surface area contributed by atoms with Gasteiger partial charge in [-0.1, -0.05) is 50.0 Å². The van der Waals surface area contributed by atoms with E-state index >= 15 is 0 Å². The second-order valence-electron chi connectivity index (χ2n) is 8.40. The van der Waals surface area contributed by atoms with E-state index in [2.05, 4.69) is 0 Å². The fourth-order valence-electron chi connectivity index (χ4n) is 3.70. The Bertz CT molecular complexity index is 1320. The van der Waals surface area contributed by atoms with E-state index in [1.165, 1.54) is 11.8 Å². The zero-order chi connectivity index (χ0) is 25.9. The van der Waals surface area contributed by atoms with Crippen molar-refractivity contribution in [2.24, 2.45) is 5.92 Å². The second kappa shape index (κ2) is 10.9. The van der Waals surface area contributed by atoms with Crippen molar-refractivity contribution in [1.82, 2.24) is 9.47 Å². The number of carbonyl (C=O) groups excluding carboxylic acids is 2. The number of pyridine rings is 1. The van der Waals surface area contributed by atoms with Gasteiger partial charge in [-0.2, -0.15) is 5.26 Å². The molecule has 0 unspecified atom stereocenters. The van der Waals surface area contributed by atoms with Gasteiger partial charge in [0.25, 0.3) is 11.5 Å². The molecular weight excluding hydrogens is 486 g/mol. The molecule has 3 rings (SSSR count). The number of thioether (sulfide) groups is 1. The summed E-state index contributed by atoms with van der Waals surface area (Å²) in [6.45, 7) is 5.34. The minimum Gasteiger partial charge on any atom is -0.497 e. The number of rotatable bonds is 8. The molecule has 35 heavy (non-hydrogen) atoms. The second-order valence-corrected chi connectivity index (χ2v) is 10.1. The molecule has 8 nitrogen and oxygen atoms in total. The Morgan fingerprint density at radius 1 is 1.29 bits per heavy atom. The average molecular weight is 512 g/mol. The third kappa shape index (κ3) is 5.47. The van der Waals surface area contributed by atoms with Gasteiger partial charge in [-0.25, -0.2) is 0 Å². The summed E-state index contributed by atoms with van der Waals surface area (Å²) >= 11 is 6.50. The number of carbonyl (C=O) groups is 2. The normalized spacial score (nSPS) is 14.6. The molecule has 2 aromatic rings. The van der Waals surface area contributed by atoms with Crippen molar-refractivity contribution in [3.63, 3.8) is 0 Å². The highest BCUT2D eigenvalue weighted by Gasteiger charge is 2.33. The summed E-state index contributed by atoms with van der Waals surface area (Å²) in [7, 11) is 1.57. The quantitative estimate of drug-likeness (QED) is 0.323. The molecule has 0 aliphatic carbocycles. The third-order valence-electron chi connectivity index (χ3n) is 5.48. The Hall–Kier alpha value is -3.42. The molecule has 1 aliphatic heterocycles. The lowest BCUT2D eigenvalue weighted by molar-refractivity contribution is -0.122. The predicted octanol–water partition coefficient (Wildman–Crippen LogP) is 3.87. The fraction of sp³-hybridized carbons (Fsp3) is 0.320. The number of aromatic hydroxyl groups is 1. The summed E-state index contributed by atoms with van der Waals surface area (Å²) in [5.41, 5.74) is 0.0402. The van der Waals surface area contributed by atoms with Crippen LogP contribution in [0.15, 0.2) is 34.0 Å². The molecule has 1 aliphatic rings. The number of ether oxygens (including phenoxy) is 1. The molecule has 1 saturated heterocycles. The lowest BCUT2D eigenvalue weighted by Gasteiger charge is -2.18. The highest BCUT2D eigenvalue weighted by Crippen LogP contribution is 2.33. The molecule has 1 aromatic heterocycles. The molecule has 1 N–H and O–H groups in total. The van der Waals surface area contributed by atoms with Gasteiger partial charge < -0.3 is 9.84 Å². The van der Waals surface area contributed by atoms with Crippen LogP contribution < -0.4 is 10.3 Å². The van der Waals surface area contributed by atoms with E-state index in [0.29, 0.717) is 15.0 Å². The zero-order valence-corrected chi connectivity index (χ0v) is 21.5. The number of aromatic nitrogens is 1. The van der Waals surface area contributed by atoms with E-state index in [1.54, 1.807) is 25.3 Å². The van der Waals surface area contributed by atoms with Gasteiger partial charge >= 0.3 is 0 Å². The van der Waals surface area contributed by atoms with E-state index in [0.717, 1.165) is 21.9 Å². The molecule has 0 spiro atoms. The van der Waals surface area contributed by atoms with Crippen molar-refractivity contribution < 1.29 is 19.4 Å². The fourth-order valence-corrected chi connectivity index (χ4v) is 5.01. The van der Waals surface area contributed by atoms with Crippen LogP contribution in [0.3, 0.4) is 0 Å². The Balaban J connectivity index is 1.82. The van der Waals surface area contributed by atoms with Crippen molar-refractivity contribution in [1.29, 1.82) is 5.26 Å². The lowest BCUT2D eigenvalue weighted by atomic mass is 9.99. The maximum Gasteiger partial charge on any atom is 0.271 e. The number of amides is 1. The van der Waals surface area contributed by atoms with Crippen molar-refractivity contribution in [3.8, 4) is 17.7 Å². The number of hydrogen-bond acceptors (Lipinski definition) is 8. The van der Waals surface area contributed by atoms with Crippen LogP contribution in [-0.2, 0) is 11.3 Å². The number of nitrogens with zero attached hydrogens (tertiary/aromatic N) is 3. The largest absolute Gasteiger partial charge is 0.497 e. The van der Waals surface area contributed by atoms with E-state index in [9.17, 15) is 24.8 Å². The van der Waals surface area contributed by atoms with Gasteiger partial charge in [-0.05, 0) is 42.2 Å². The molecule has 1 aromatic carbocycles. The molecule has 0 radical (unpaired) electrons. The minimum absolute atomic E-state index is 0.00308. The number of Topliss-reactive ketones (excluding diaryl/α,β-unsaturated/α-hetero) is 1. The Kier molecular flexibility index (Phi) is 8.14. The third-order valence-corrected chi connectivity index (χ3v) is 6.85. The summed E-state index contributed by atoms with van der Waals surface area (Å²) in [4.78, 5) is 40.4. The van der Waals surface area contributed by atoms with Crippen molar-refractivity contribution in [2.45, 2.75) is 33.7 Å². The van der Waals surface area contributed by atoms with Crippen LogP contribution in [0.4, 0.5) is 0 Å². The van der Waals surface area contributed by atoms with Crippen LogP contribution in [0, 0.1) is 24.2 Å². The molecule has 2 heterocycles. The van der Waals surface area contributed by atoms with E-state index in [1.807, 2.05) is 32.0 Å². The van der Waals surface area contributed by atoms with Crippen LogP contribution in [0.25, 0.3) is 6.08 Å². The minimum atomic E-state index is -0.631. The van der Waals surface area contributed by atoms with Crippen molar-refractivity contribution in [3.05, 3.63) is 61.8 Å². The predicted molar refractivity (Wildman–Crippen MR) is 138 cm³/mol. The number of benzene rings is 1. The number of nitriles is 1. The molecule has 1 amide bonds. The number of hydrogen-bond donors (Lipinski definition) is 1. The van der Waals surface area contributed by atoms with Gasteiger partial charge in [-0.15, -0.1) is 0 Å². The first kappa shape index (κ1) is 26.2. The molecular formula is C25H25N3O5S2. The Labute approximate surface area is 212 Å². The molecule has 10 heteroatoms. The zero-order valence-electron chi connectivity index (χ0n) is 19.8. The summed E-state index contributed by atoms with van der Waals surface area (Å²) in [5, 5.41) is 20.2. The van der Waals surface area contributed by atoms with Crippen LogP contribution in [0.2, 0.25) is 0 Å². The van der Waals surface area contributed by atoms with Crippen LogP contribution in [-0.4, -0.2) is 44.2 Å². The van der Waals surface area contributed by atoms with E-state index in [-0.39, 0.29) is 48.0 Å². The molecule has 0 bridgehead atoms. The van der Waals surface area contributed by atoms with Gasteiger partial charge in [0.1, 0.15) is 21.7 Å². The van der Waals surface area contributed by atoms with Crippen LogP contribution in [0.1, 0.15) is 47.3 Å². The van der Waals surface area contributed by atoms with Crippen LogP contribution >= 0.6 is 24.0 Å². The van der Waals surface area contributed by atoms with Gasteiger partial charge in [0, 0.05) is 19.5 Å². The van der Waals surface area contributed by atoms with E-state index in [4.69, 9.17) is 17.0 Å². The highest BCUT2D eigenvalue weighted by atomic mass is 32.2. The Morgan fingerprint density at radius 3 is 2.51 bits per heavy atom. The topological polar surface area (TPSA) is 113 Å². The Morgan fingerprint density at radius 2 is 1.94 bits per heavy atom. The SMILES string of the molecule is COc1ccc(/C=C2\SC(=S)N(CCC(=O)c3c(C)c(C#N)c(=O)n(CC(C)C)c3O)C2=O)cc1. The number of methoxy groups -OCH3 is 1. The standard InChI is InChI=1S/C25H25N3O5S2/c1-14(2)13-28-22(30)18(12-26)15(3)21(24(28)32)19(29)9-10-27-23(31)20(35-25(27)34)11-16-5-7-17(33-4)8-6-16/h5-8,11,14,32H,9-10,13H2,1-4H3/b20-11-. The van der Waals surface area contributed by atoms with Gasteiger partial charge in [0.05, 0.1) is 17.6 Å². The maximum atomic E-state index is 13.1. The first-order valence-corrected chi connectivity index (χ1v) is 12.1. The lowest BCUT2D eigenvalue weighted by Crippen LogP contribution is -2.31.